The lowest BCUT2D eigenvalue weighted by atomic mass is 9.68. The predicted octanol–water partition coefficient (Wildman–Crippen LogP) is 6.08. The molecule has 3 aromatic carbocycles. The number of para-hydroxylation sites is 1. The highest BCUT2D eigenvalue weighted by atomic mass is 32.2. The van der Waals surface area contributed by atoms with Crippen molar-refractivity contribution in [1.29, 1.82) is 0 Å². The van der Waals surface area contributed by atoms with Gasteiger partial charge < -0.3 is 14.5 Å². The fourth-order valence-electron chi connectivity index (χ4n) is 8.00. The Hall–Kier alpha value is -4.15. The normalized spacial score (nSPS) is 28.0. The second kappa shape index (κ2) is 10.5. The van der Waals surface area contributed by atoms with Crippen LogP contribution in [0.15, 0.2) is 88.7 Å². The minimum Gasteiger partial charge on any atom is -0.462 e. The number of aromatic amines is 1. The summed E-state index contributed by atoms with van der Waals surface area (Å²) in [4.78, 5) is 58.1. The van der Waals surface area contributed by atoms with Crippen molar-refractivity contribution >= 4 is 46.6 Å². The minimum atomic E-state index is -0.441. The molecule has 8 rings (SSSR count). The van der Waals surface area contributed by atoms with Crippen LogP contribution in [0.1, 0.15) is 40.1 Å². The molecule has 3 fully saturated rings. The molecule has 1 aromatic heterocycles. The number of thiazole rings is 1. The van der Waals surface area contributed by atoms with Crippen molar-refractivity contribution in [3.05, 3.63) is 105 Å². The quantitative estimate of drug-likeness (QED) is 0.205. The smallest absolute Gasteiger partial charge is 0.338 e. The van der Waals surface area contributed by atoms with Crippen molar-refractivity contribution in [3.63, 3.8) is 0 Å². The van der Waals surface area contributed by atoms with Crippen LogP contribution >= 0.6 is 23.1 Å². The fourth-order valence-corrected chi connectivity index (χ4v) is 10.9. The average molecular weight is 625 g/mol. The van der Waals surface area contributed by atoms with E-state index >= 15 is 0 Å². The van der Waals surface area contributed by atoms with Gasteiger partial charge >= 0.3 is 10.8 Å². The highest BCUT2D eigenvalue weighted by Gasteiger charge is 2.69. The molecule has 2 aliphatic heterocycles. The zero-order valence-electron chi connectivity index (χ0n) is 23.7. The standard InChI is InChI=1S/C34H28N2O6S2/c1-2-41-33(39)17-11-13-19(14-12-17)36-31(37)26-22-16-23(27(26)32(36)38)28-25(22)24(29-30(43-28)35-34(40)44-29)18-7-6-10-21(15-18)42-20-8-4-3-5-9-20/h3-15,22-28H,2,16H2,1H3,(H,35,40)/t22-,23-,24+,25+,26+,27+,28-/m1/s1. The third-order valence-corrected chi connectivity index (χ3v) is 12.1. The number of benzene rings is 3. The van der Waals surface area contributed by atoms with Gasteiger partial charge in [0.1, 0.15) is 11.5 Å². The van der Waals surface area contributed by atoms with Crippen molar-refractivity contribution in [2.45, 2.75) is 29.5 Å². The summed E-state index contributed by atoms with van der Waals surface area (Å²) in [5, 5.41) is 0.957. The van der Waals surface area contributed by atoms with E-state index in [1.54, 1.807) is 43.0 Å². The van der Waals surface area contributed by atoms with Crippen LogP contribution in [0.25, 0.3) is 0 Å². The molecule has 2 aliphatic carbocycles. The summed E-state index contributed by atoms with van der Waals surface area (Å²) in [6, 6.07) is 24.1. The maximum Gasteiger partial charge on any atom is 0.338 e. The van der Waals surface area contributed by atoms with Crippen molar-refractivity contribution in [2.24, 2.45) is 29.6 Å². The molecule has 4 aromatic rings. The molecule has 2 amide bonds. The molecule has 3 heterocycles. The van der Waals surface area contributed by atoms with E-state index in [-0.39, 0.29) is 52.2 Å². The predicted molar refractivity (Wildman–Crippen MR) is 166 cm³/mol. The monoisotopic (exact) mass is 624 g/mol. The van der Waals surface area contributed by atoms with Gasteiger partial charge in [0.25, 0.3) is 0 Å². The van der Waals surface area contributed by atoms with E-state index in [1.165, 1.54) is 16.2 Å². The number of nitrogens with zero attached hydrogens (tertiary/aromatic N) is 1. The molecule has 8 nitrogen and oxygen atoms in total. The number of aromatic nitrogens is 1. The fraction of sp³-hybridized carbons (Fsp3) is 0.294. The maximum atomic E-state index is 14.1. The summed E-state index contributed by atoms with van der Waals surface area (Å²) in [6.07, 6.45) is 0.806. The van der Waals surface area contributed by atoms with Crippen LogP contribution in [0.5, 0.6) is 11.5 Å². The summed E-state index contributed by atoms with van der Waals surface area (Å²) >= 11 is 2.90. The molecule has 4 aliphatic rings. The zero-order chi connectivity index (χ0) is 30.1. The van der Waals surface area contributed by atoms with E-state index in [0.717, 1.165) is 27.6 Å². The number of nitrogens with one attached hydrogen (secondary N) is 1. The Balaban J connectivity index is 1.14. The Labute approximate surface area is 261 Å². The van der Waals surface area contributed by atoms with Crippen molar-refractivity contribution in [2.75, 3.05) is 11.5 Å². The zero-order valence-corrected chi connectivity index (χ0v) is 25.3. The number of thioether (sulfide) groups is 1. The molecule has 2 saturated carbocycles. The summed E-state index contributed by atoms with van der Waals surface area (Å²) in [5.41, 5.74) is 1.89. The SMILES string of the molecule is CCOC(=O)c1ccc(N2C(=O)[C@H]3[C@H]4C[C@@H]([C@@H]3C2=O)[C@H]2[C@H](c3cccc(Oc5ccccc5)c3)c3sc(=O)[nH]c3S[C@H]42)cc1. The molecule has 1 saturated heterocycles. The first kappa shape index (κ1) is 27.4. The molecule has 7 atom stereocenters. The highest BCUT2D eigenvalue weighted by molar-refractivity contribution is 8.00. The van der Waals surface area contributed by atoms with Crippen LogP contribution < -0.4 is 14.5 Å². The van der Waals surface area contributed by atoms with E-state index in [9.17, 15) is 19.2 Å². The van der Waals surface area contributed by atoms with Crippen LogP contribution in [-0.2, 0) is 14.3 Å². The van der Waals surface area contributed by atoms with Gasteiger partial charge in [0.15, 0.2) is 0 Å². The van der Waals surface area contributed by atoms with Crippen molar-refractivity contribution < 1.29 is 23.9 Å². The molecule has 1 N–H and O–H groups in total. The molecule has 0 spiro atoms. The molecule has 0 unspecified atom stereocenters. The number of carbonyl (C=O) groups is 3. The maximum absolute atomic E-state index is 14.1. The lowest BCUT2D eigenvalue weighted by molar-refractivity contribution is -0.123. The summed E-state index contributed by atoms with van der Waals surface area (Å²) in [5.74, 6) is -0.155. The molecule has 10 heteroatoms. The number of anilines is 1. The van der Waals surface area contributed by atoms with Crippen LogP contribution in [0.4, 0.5) is 5.69 Å². The Bertz CT molecular complexity index is 1850. The number of imide groups is 1. The molecule has 44 heavy (non-hydrogen) atoms. The first-order valence-electron chi connectivity index (χ1n) is 14.8. The Morgan fingerprint density at radius 1 is 0.909 bits per heavy atom. The van der Waals surface area contributed by atoms with Crippen LogP contribution in [0.3, 0.4) is 0 Å². The van der Waals surface area contributed by atoms with Crippen LogP contribution in [0.2, 0.25) is 0 Å². The molecule has 222 valence electrons. The summed E-state index contributed by atoms with van der Waals surface area (Å²) < 4.78 is 11.3. The minimum absolute atomic E-state index is 0.00296. The van der Waals surface area contributed by atoms with Gasteiger partial charge in [-0.1, -0.05) is 41.7 Å². The Morgan fingerprint density at radius 2 is 1.64 bits per heavy atom. The number of fused-ring (bicyclic) bond motifs is 9. The van der Waals surface area contributed by atoms with Crippen LogP contribution in [-0.4, -0.2) is 34.6 Å². The number of hydrogen-bond donors (Lipinski definition) is 1. The van der Waals surface area contributed by atoms with E-state index in [4.69, 9.17) is 9.47 Å². The van der Waals surface area contributed by atoms with E-state index < -0.39 is 17.8 Å². The largest absolute Gasteiger partial charge is 0.462 e. The molecular formula is C34H28N2O6S2. The number of ether oxygens (including phenoxy) is 2. The van der Waals surface area contributed by atoms with E-state index in [2.05, 4.69) is 11.1 Å². The summed E-state index contributed by atoms with van der Waals surface area (Å²) in [7, 11) is 0. The van der Waals surface area contributed by atoms with Gasteiger partial charge in [0.05, 0.1) is 34.7 Å². The third kappa shape index (κ3) is 4.18. The molecular weight excluding hydrogens is 597 g/mol. The van der Waals surface area contributed by atoms with Gasteiger partial charge in [-0.05, 0) is 85.2 Å². The Kier molecular flexibility index (Phi) is 6.53. The lowest BCUT2D eigenvalue weighted by Crippen LogP contribution is -2.42. The number of esters is 1. The van der Waals surface area contributed by atoms with E-state index in [1.807, 2.05) is 48.5 Å². The lowest BCUT2D eigenvalue weighted by Gasteiger charge is -2.43. The van der Waals surface area contributed by atoms with Crippen LogP contribution in [0, 0.1) is 29.6 Å². The third-order valence-electron chi connectivity index (χ3n) is 9.56. The topological polar surface area (TPSA) is 106 Å². The second-order valence-electron chi connectivity index (χ2n) is 11.7. The average Bonchev–Trinajstić information content (AvgIpc) is 3.77. The van der Waals surface area contributed by atoms with Gasteiger partial charge in [-0.25, -0.2) is 4.79 Å². The highest BCUT2D eigenvalue weighted by Crippen LogP contribution is 2.68. The Morgan fingerprint density at radius 3 is 2.39 bits per heavy atom. The van der Waals surface area contributed by atoms with Crippen molar-refractivity contribution in [3.8, 4) is 11.5 Å². The van der Waals surface area contributed by atoms with Gasteiger partial charge in [-0.3, -0.25) is 19.3 Å². The van der Waals surface area contributed by atoms with Gasteiger partial charge in [0.2, 0.25) is 11.8 Å². The van der Waals surface area contributed by atoms with E-state index in [0.29, 0.717) is 17.0 Å². The number of rotatable bonds is 6. The molecule has 2 bridgehead atoms. The van der Waals surface area contributed by atoms with Crippen molar-refractivity contribution in [1.82, 2.24) is 4.98 Å². The number of amides is 2. The number of H-pyrrole nitrogens is 1. The number of hydrogen-bond acceptors (Lipinski definition) is 8. The van der Waals surface area contributed by atoms with Gasteiger partial charge in [0, 0.05) is 16.0 Å². The molecule has 0 radical (unpaired) electrons. The first-order chi connectivity index (χ1) is 21.4. The first-order valence-corrected chi connectivity index (χ1v) is 16.5. The summed E-state index contributed by atoms with van der Waals surface area (Å²) in [6.45, 7) is 2.01. The van der Waals surface area contributed by atoms with Gasteiger partial charge in [-0.2, -0.15) is 0 Å². The number of carbonyl (C=O) groups excluding carboxylic acids is 3. The second-order valence-corrected chi connectivity index (χ2v) is 13.9. The van der Waals surface area contributed by atoms with Gasteiger partial charge in [-0.15, -0.1) is 11.8 Å².